The molecule has 0 saturated heterocycles. The summed E-state index contributed by atoms with van der Waals surface area (Å²) in [5.41, 5.74) is 4.65. The van der Waals surface area contributed by atoms with Crippen molar-refractivity contribution in [2.75, 3.05) is 0 Å². The third kappa shape index (κ3) is 2.61. The third-order valence-corrected chi connectivity index (χ3v) is 2.55. The molecule has 0 saturated carbocycles. The largest absolute Gasteiger partial charge is 0.472 e. The Morgan fingerprint density at radius 1 is 1.44 bits per heavy atom. The van der Waals surface area contributed by atoms with E-state index in [4.69, 9.17) is 21.9 Å². The molecule has 0 spiro atoms. The molecule has 0 aromatic carbocycles. The molecule has 2 heterocycles. The maximum absolute atomic E-state index is 5.77. The van der Waals surface area contributed by atoms with Crippen LogP contribution in [0.15, 0.2) is 41.3 Å². The van der Waals surface area contributed by atoms with Gasteiger partial charge in [0.25, 0.3) is 0 Å². The van der Waals surface area contributed by atoms with E-state index in [9.17, 15) is 0 Å². The van der Waals surface area contributed by atoms with Crippen molar-refractivity contribution in [1.82, 2.24) is 10.4 Å². The number of aromatic nitrogens is 1. The van der Waals surface area contributed by atoms with E-state index in [0.29, 0.717) is 5.02 Å². The van der Waals surface area contributed by atoms with Gasteiger partial charge in [0.1, 0.15) is 0 Å². The van der Waals surface area contributed by atoms with Crippen LogP contribution in [0.5, 0.6) is 0 Å². The lowest BCUT2D eigenvalue weighted by Gasteiger charge is -2.14. The predicted octanol–water partition coefficient (Wildman–Crippen LogP) is 2.08. The summed E-state index contributed by atoms with van der Waals surface area (Å²) in [7, 11) is 0. The van der Waals surface area contributed by atoms with E-state index in [1.807, 2.05) is 12.1 Å². The molecule has 0 aliphatic heterocycles. The number of halogens is 1. The molecule has 4 nitrogen and oxygen atoms in total. The predicted molar refractivity (Wildman–Crippen MR) is 61.7 cm³/mol. The highest BCUT2D eigenvalue weighted by atomic mass is 35.5. The Labute approximate surface area is 98.4 Å². The molecule has 1 unspecified atom stereocenters. The molecule has 5 heteroatoms. The Hall–Kier alpha value is -1.36. The second-order valence-electron chi connectivity index (χ2n) is 3.46. The first kappa shape index (κ1) is 11.1. The Morgan fingerprint density at radius 2 is 2.31 bits per heavy atom. The van der Waals surface area contributed by atoms with Gasteiger partial charge >= 0.3 is 0 Å². The van der Waals surface area contributed by atoms with Gasteiger partial charge in [-0.3, -0.25) is 16.3 Å². The Bertz CT molecular complexity index is 427. The zero-order valence-electron chi connectivity index (χ0n) is 8.56. The van der Waals surface area contributed by atoms with E-state index in [0.717, 1.165) is 17.7 Å². The van der Waals surface area contributed by atoms with Crippen molar-refractivity contribution in [2.24, 2.45) is 5.84 Å². The van der Waals surface area contributed by atoms with E-state index in [-0.39, 0.29) is 6.04 Å². The van der Waals surface area contributed by atoms with Gasteiger partial charge in [0.2, 0.25) is 0 Å². The summed E-state index contributed by atoms with van der Waals surface area (Å²) < 4.78 is 5.00. The highest BCUT2D eigenvalue weighted by molar-refractivity contribution is 6.30. The molecule has 0 aliphatic rings. The van der Waals surface area contributed by atoms with Crippen molar-refractivity contribution in [3.63, 3.8) is 0 Å². The van der Waals surface area contributed by atoms with Crippen molar-refractivity contribution in [2.45, 2.75) is 12.5 Å². The lowest BCUT2D eigenvalue weighted by Crippen LogP contribution is -2.30. The van der Waals surface area contributed by atoms with Crippen molar-refractivity contribution in [3.8, 4) is 0 Å². The van der Waals surface area contributed by atoms with Crippen LogP contribution in [0.25, 0.3) is 0 Å². The molecular formula is C11H12ClN3O. The first-order valence-electron chi connectivity index (χ1n) is 4.88. The Kier molecular flexibility index (Phi) is 3.56. The van der Waals surface area contributed by atoms with Gasteiger partial charge in [-0.15, -0.1) is 0 Å². The zero-order chi connectivity index (χ0) is 11.4. The summed E-state index contributed by atoms with van der Waals surface area (Å²) in [6.07, 6.45) is 5.66. The second-order valence-corrected chi connectivity index (χ2v) is 3.89. The molecule has 2 rings (SSSR count). The Balaban J connectivity index is 2.13. The van der Waals surface area contributed by atoms with Gasteiger partial charge in [0, 0.05) is 6.20 Å². The SMILES string of the molecule is NNC(Cc1ccoc1)c1ccc(Cl)cn1. The van der Waals surface area contributed by atoms with Crippen LogP contribution in [0.2, 0.25) is 5.02 Å². The van der Waals surface area contributed by atoms with Gasteiger partial charge in [-0.1, -0.05) is 11.6 Å². The van der Waals surface area contributed by atoms with Crippen molar-refractivity contribution >= 4 is 11.6 Å². The number of nitrogens with one attached hydrogen (secondary N) is 1. The van der Waals surface area contributed by atoms with Crippen molar-refractivity contribution < 1.29 is 4.42 Å². The molecule has 0 bridgehead atoms. The van der Waals surface area contributed by atoms with Crippen LogP contribution >= 0.6 is 11.6 Å². The molecule has 1 atom stereocenters. The molecule has 0 amide bonds. The molecule has 2 aromatic heterocycles. The van der Waals surface area contributed by atoms with Gasteiger partial charge in [0.15, 0.2) is 0 Å². The van der Waals surface area contributed by atoms with Crippen molar-refractivity contribution in [3.05, 3.63) is 53.2 Å². The fourth-order valence-corrected chi connectivity index (χ4v) is 1.60. The molecule has 16 heavy (non-hydrogen) atoms. The third-order valence-electron chi connectivity index (χ3n) is 2.33. The van der Waals surface area contributed by atoms with Crippen molar-refractivity contribution in [1.29, 1.82) is 0 Å². The number of furan rings is 1. The van der Waals surface area contributed by atoms with Crippen LogP contribution in [0.4, 0.5) is 0 Å². The van der Waals surface area contributed by atoms with Crippen LogP contribution < -0.4 is 11.3 Å². The molecular weight excluding hydrogens is 226 g/mol. The van der Waals surface area contributed by atoms with Crippen LogP contribution in [-0.4, -0.2) is 4.98 Å². The summed E-state index contributed by atoms with van der Waals surface area (Å²) >= 11 is 5.77. The highest BCUT2D eigenvalue weighted by Crippen LogP contribution is 2.17. The van der Waals surface area contributed by atoms with Gasteiger partial charge in [-0.2, -0.15) is 0 Å². The summed E-state index contributed by atoms with van der Waals surface area (Å²) in [5, 5.41) is 0.614. The molecule has 84 valence electrons. The fraction of sp³-hybridized carbons (Fsp3) is 0.182. The van der Waals surface area contributed by atoms with Crippen LogP contribution in [0, 0.1) is 0 Å². The topological polar surface area (TPSA) is 64.1 Å². The second kappa shape index (κ2) is 5.12. The first-order valence-corrected chi connectivity index (χ1v) is 5.26. The highest BCUT2D eigenvalue weighted by Gasteiger charge is 2.12. The fourth-order valence-electron chi connectivity index (χ4n) is 1.49. The number of rotatable bonds is 4. The quantitative estimate of drug-likeness (QED) is 0.631. The number of hydrazine groups is 1. The summed E-state index contributed by atoms with van der Waals surface area (Å²) in [5.74, 6) is 5.51. The van der Waals surface area contributed by atoms with Gasteiger partial charge in [-0.25, -0.2) is 0 Å². The molecule has 0 aliphatic carbocycles. The van der Waals surface area contributed by atoms with E-state index in [1.165, 1.54) is 0 Å². The average molecular weight is 238 g/mol. The van der Waals surface area contributed by atoms with Crippen LogP contribution in [0.1, 0.15) is 17.3 Å². The monoisotopic (exact) mass is 237 g/mol. The summed E-state index contributed by atoms with van der Waals surface area (Å²) in [6, 6.07) is 5.51. The first-order chi connectivity index (χ1) is 7.79. The van der Waals surface area contributed by atoms with Crippen LogP contribution in [0.3, 0.4) is 0 Å². The molecule has 3 N–H and O–H groups in total. The summed E-state index contributed by atoms with van der Waals surface area (Å²) in [4.78, 5) is 4.22. The number of nitrogens with zero attached hydrogens (tertiary/aromatic N) is 1. The average Bonchev–Trinajstić information content (AvgIpc) is 2.80. The molecule has 0 fully saturated rings. The van der Waals surface area contributed by atoms with Crippen LogP contribution in [-0.2, 0) is 6.42 Å². The van der Waals surface area contributed by atoms with E-state index in [1.54, 1.807) is 24.8 Å². The normalized spacial score (nSPS) is 12.6. The minimum absolute atomic E-state index is 0.0464. The Morgan fingerprint density at radius 3 is 2.88 bits per heavy atom. The minimum Gasteiger partial charge on any atom is -0.472 e. The number of nitrogens with two attached hydrogens (primary N) is 1. The van der Waals surface area contributed by atoms with Gasteiger partial charge < -0.3 is 4.42 Å². The molecule has 2 aromatic rings. The van der Waals surface area contributed by atoms with E-state index in [2.05, 4.69) is 10.4 Å². The van der Waals surface area contributed by atoms with Gasteiger partial charge in [-0.05, 0) is 30.2 Å². The number of pyridine rings is 1. The number of hydrogen-bond acceptors (Lipinski definition) is 4. The zero-order valence-corrected chi connectivity index (χ0v) is 9.32. The maximum atomic E-state index is 5.77. The molecule has 0 radical (unpaired) electrons. The lowest BCUT2D eigenvalue weighted by molar-refractivity contribution is 0.527. The standard InChI is InChI=1S/C11H12ClN3O/c12-9-1-2-10(14-6-9)11(15-13)5-8-3-4-16-7-8/h1-4,6-7,11,15H,5,13H2. The van der Waals surface area contributed by atoms with Gasteiger partial charge in [0.05, 0.1) is 29.3 Å². The summed E-state index contributed by atoms with van der Waals surface area (Å²) in [6.45, 7) is 0. The smallest absolute Gasteiger partial charge is 0.0935 e. The van der Waals surface area contributed by atoms with E-state index < -0.39 is 0 Å². The lowest BCUT2D eigenvalue weighted by atomic mass is 10.1. The minimum atomic E-state index is -0.0464. The van der Waals surface area contributed by atoms with E-state index >= 15 is 0 Å². The maximum Gasteiger partial charge on any atom is 0.0935 e. The number of hydrogen-bond donors (Lipinski definition) is 2.